The van der Waals surface area contributed by atoms with E-state index in [1.165, 1.54) is 61.8 Å². The van der Waals surface area contributed by atoms with Crippen molar-refractivity contribution >= 4 is 29.5 Å². The van der Waals surface area contributed by atoms with Gasteiger partial charge in [-0.25, -0.2) is 4.79 Å². The van der Waals surface area contributed by atoms with Crippen LogP contribution in [-0.4, -0.2) is 17.8 Å². The number of benzene rings is 2. The molecule has 0 aromatic heterocycles. The van der Waals surface area contributed by atoms with Crippen molar-refractivity contribution in [3.63, 3.8) is 0 Å². The van der Waals surface area contributed by atoms with E-state index in [1.54, 1.807) is 25.1 Å². The molecule has 0 spiro atoms. The van der Waals surface area contributed by atoms with Gasteiger partial charge in [0, 0.05) is 5.57 Å². The summed E-state index contributed by atoms with van der Waals surface area (Å²) in [6.45, 7) is 6.03. The number of carbonyl (C=O) groups excluding carboxylic acids is 3. The Labute approximate surface area is 268 Å². The molecule has 2 bridgehead atoms. The van der Waals surface area contributed by atoms with Crippen LogP contribution >= 0.6 is 0 Å². The molecule has 2 amide bonds. The second-order valence-electron chi connectivity index (χ2n) is 14.8. The standard InChI is InChI=1S/C40H47NO4/c1-24-4-8-28(9-5-24)30-12-14-31(15-13-30)29-10-6-27(7-11-29)22-26(3)40(44)45-35-21-20-34(23-25(35)2)41-38(42)36-32-16-17-33(19-18-32)37(36)39(41)43/h6-7,10-11,16-17,20-24,28,30-33,36-37H,4-5,8-9,12-15,18-19H2,1-3H3/b26-22+. The van der Waals surface area contributed by atoms with Crippen molar-refractivity contribution in [2.75, 3.05) is 4.90 Å². The second kappa shape index (κ2) is 12.4. The molecule has 3 saturated carbocycles. The molecule has 4 fully saturated rings. The Hall–Kier alpha value is -3.47. The van der Waals surface area contributed by atoms with E-state index in [-0.39, 0.29) is 35.5 Å². The third kappa shape index (κ3) is 5.84. The van der Waals surface area contributed by atoms with Crippen LogP contribution < -0.4 is 9.64 Å². The molecule has 4 unspecified atom stereocenters. The van der Waals surface area contributed by atoms with Crippen molar-refractivity contribution in [1.29, 1.82) is 0 Å². The maximum absolute atomic E-state index is 13.3. The van der Waals surface area contributed by atoms with Crippen LogP contribution in [0, 0.1) is 48.3 Å². The van der Waals surface area contributed by atoms with Gasteiger partial charge in [0.05, 0.1) is 17.5 Å². The van der Waals surface area contributed by atoms with Crippen LogP contribution in [0.25, 0.3) is 6.08 Å². The van der Waals surface area contributed by atoms with E-state index in [0.717, 1.165) is 36.2 Å². The van der Waals surface area contributed by atoms with E-state index >= 15 is 0 Å². The molecule has 4 atom stereocenters. The van der Waals surface area contributed by atoms with E-state index in [2.05, 4.69) is 43.3 Å². The molecule has 45 heavy (non-hydrogen) atoms. The number of hydrogen-bond acceptors (Lipinski definition) is 4. The second-order valence-corrected chi connectivity index (χ2v) is 14.8. The van der Waals surface area contributed by atoms with Crippen molar-refractivity contribution in [2.45, 2.75) is 90.9 Å². The summed E-state index contributed by atoms with van der Waals surface area (Å²) in [4.78, 5) is 41.1. The first-order chi connectivity index (χ1) is 21.8. The largest absolute Gasteiger partial charge is 0.423 e. The number of esters is 1. The van der Waals surface area contributed by atoms with Crippen molar-refractivity contribution in [3.05, 3.63) is 76.9 Å². The van der Waals surface area contributed by atoms with Gasteiger partial charge in [-0.2, -0.15) is 0 Å². The topological polar surface area (TPSA) is 63.7 Å². The highest BCUT2D eigenvalue weighted by atomic mass is 16.5. The van der Waals surface area contributed by atoms with Gasteiger partial charge in [0.15, 0.2) is 0 Å². The van der Waals surface area contributed by atoms with E-state index in [0.29, 0.717) is 28.5 Å². The number of amides is 2. The molecular weight excluding hydrogens is 558 g/mol. The van der Waals surface area contributed by atoms with Gasteiger partial charge in [0.1, 0.15) is 5.75 Å². The number of nitrogens with zero attached hydrogens (tertiary/aromatic N) is 1. The quantitative estimate of drug-likeness (QED) is 0.109. The zero-order chi connectivity index (χ0) is 31.2. The number of rotatable bonds is 6. The predicted octanol–water partition coefficient (Wildman–Crippen LogP) is 8.81. The zero-order valence-electron chi connectivity index (χ0n) is 27.0. The minimum Gasteiger partial charge on any atom is -0.423 e. The normalized spacial score (nSPS) is 33.0. The lowest BCUT2D eigenvalue weighted by atomic mass is 9.63. The minimum atomic E-state index is -0.410. The summed E-state index contributed by atoms with van der Waals surface area (Å²) in [6, 6.07) is 13.9. The Balaban J connectivity index is 0.952. The maximum atomic E-state index is 13.3. The van der Waals surface area contributed by atoms with Crippen LogP contribution in [-0.2, 0) is 14.4 Å². The molecule has 236 valence electrons. The lowest BCUT2D eigenvalue weighted by Crippen LogP contribution is -2.38. The summed E-state index contributed by atoms with van der Waals surface area (Å²) in [5, 5.41) is 0. The van der Waals surface area contributed by atoms with Crippen molar-refractivity contribution in [2.24, 2.45) is 41.4 Å². The molecule has 1 aliphatic heterocycles. The monoisotopic (exact) mass is 605 g/mol. The summed E-state index contributed by atoms with van der Waals surface area (Å²) < 4.78 is 5.77. The third-order valence-corrected chi connectivity index (χ3v) is 12.0. The van der Waals surface area contributed by atoms with Crippen LogP contribution in [0.4, 0.5) is 5.69 Å². The first kappa shape index (κ1) is 30.2. The zero-order valence-corrected chi connectivity index (χ0v) is 27.0. The summed E-state index contributed by atoms with van der Waals surface area (Å²) >= 11 is 0. The molecule has 5 aliphatic carbocycles. The number of anilines is 1. The van der Waals surface area contributed by atoms with E-state index in [4.69, 9.17) is 4.74 Å². The number of carbonyl (C=O) groups is 3. The Morgan fingerprint density at radius 2 is 1.36 bits per heavy atom. The van der Waals surface area contributed by atoms with E-state index in [1.807, 2.05) is 13.0 Å². The third-order valence-electron chi connectivity index (χ3n) is 12.0. The summed E-state index contributed by atoms with van der Waals surface area (Å²) in [5.74, 6) is 3.09. The number of allylic oxidation sites excluding steroid dienone is 2. The van der Waals surface area contributed by atoms with Crippen molar-refractivity contribution < 1.29 is 19.1 Å². The SMILES string of the molecule is C/C(=C\c1ccc(C2CCC(C3CCC(C)CC3)CC2)cc1)C(=O)Oc1ccc(N2C(=O)C3C4C=CC(CC4)C3C2=O)cc1C. The Morgan fingerprint density at radius 3 is 1.91 bits per heavy atom. The van der Waals surface area contributed by atoms with E-state index in [9.17, 15) is 14.4 Å². The fraction of sp³-hybridized carbons (Fsp3) is 0.525. The molecule has 5 heteroatoms. The van der Waals surface area contributed by atoms with Crippen LogP contribution in [0.15, 0.2) is 60.2 Å². The van der Waals surface area contributed by atoms with Gasteiger partial charge < -0.3 is 4.74 Å². The highest BCUT2D eigenvalue weighted by molar-refractivity contribution is 6.22. The summed E-state index contributed by atoms with van der Waals surface area (Å²) in [7, 11) is 0. The van der Waals surface area contributed by atoms with Crippen molar-refractivity contribution in [3.8, 4) is 5.75 Å². The van der Waals surface area contributed by atoms with Crippen LogP contribution in [0.2, 0.25) is 0 Å². The predicted molar refractivity (Wildman–Crippen MR) is 178 cm³/mol. The molecule has 2 aromatic rings. The van der Waals surface area contributed by atoms with Gasteiger partial charge in [-0.05, 0) is 142 Å². The van der Waals surface area contributed by atoms with E-state index < -0.39 is 5.97 Å². The molecule has 0 radical (unpaired) electrons. The number of hydrogen-bond donors (Lipinski definition) is 0. The van der Waals surface area contributed by atoms with Crippen molar-refractivity contribution in [1.82, 2.24) is 0 Å². The maximum Gasteiger partial charge on any atom is 0.339 e. The van der Waals surface area contributed by atoms with Gasteiger partial charge in [-0.15, -0.1) is 0 Å². The molecule has 8 rings (SSSR count). The number of fused-ring (bicyclic) bond motifs is 1. The van der Waals surface area contributed by atoms with Crippen LogP contribution in [0.3, 0.4) is 0 Å². The molecule has 0 N–H and O–H groups in total. The lowest BCUT2D eigenvalue weighted by molar-refractivity contribution is -0.130. The molecule has 1 saturated heterocycles. The number of imide groups is 1. The smallest absolute Gasteiger partial charge is 0.339 e. The molecule has 2 aromatic carbocycles. The number of aryl methyl sites for hydroxylation is 1. The van der Waals surface area contributed by atoms with Gasteiger partial charge in [-0.3, -0.25) is 14.5 Å². The fourth-order valence-corrected chi connectivity index (χ4v) is 9.25. The van der Waals surface area contributed by atoms with Crippen LogP contribution in [0.5, 0.6) is 5.75 Å². The molecular formula is C40H47NO4. The first-order valence-corrected chi connectivity index (χ1v) is 17.4. The Morgan fingerprint density at radius 1 is 0.778 bits per heavy atom. The average molecular weight is 606 g/mol. The summed E-state index contributed by atoms with van der Waals surface area (Å²) in [6.07, 6.45) is 19.1. The Kier molecular flexibility index (Phi) is 8.31. The summed E-state index contributed by atoms with van der Waals surface area (Å²) in [5.41, 5.74) is 4.19. The fourth-order valence-electron chi connectivity index (χ4n) is 9.25. The first-order valence-electron chi connectivity index (χ1n) is 17.4. The minimum absolute atomic E-state index is 0.0974. The molecule has 6 aliphatic rings. The highest BCUT2D eigenvalue weighted by Gasteiger charge is 2.56. The van der Waals surface area contributed by atoms with Gasteiger partial charge in [0.2, 0.25) is 11.8 Å². The Bertz CT molecular complexity index is 1490. The van der Waals surface area contributed by atoms with Gasteiger partial charge in [0.25, 0.3) is 0 Å². The number of ether oxygens (including phenoxy) is 1. The average Bonchev–Trinajstić information content (AvgIpc) is 3.35. The van der Waals surface area contributed by atoms with Crippen LogP contribution in [0.1, 0.15) is 101 Å². The molecule has 5 nitrogen and oxygen atoms in total. The molecule has 1 heterocycles. The lowest BCUT2D eigenvalue weighted by Gasteiger charge is -2.38. The van der Waals surface area contributed by atoms with Gasteiger partial charge in [-0.1, -0.05) is 56.2 Å². The highest BCUT2D eigenvalue weighted by Crippen LogP contribution is 2.50. The van der Waals surface area contributed by atoms with Gasteiger partial charge >= 0.3 is 5.97 Å².